The van der Waals surface area contributed by atoms with E-state index in [2.05, 4.69) is 5.32 Å². The summed E-state index contributed by atoms with van der Waals surface area (Å²) in [5.41, 5.74) is 0.114. The summed E-state index contributed by atoms with van der Waals surface area (Å²) in [4.78, 5) is 35.2. The first-order chi connectivity index (χ1) is 12.9. The van der Waals surface area contributed by atoms with Crippen LogP contribution in [0.1, 0.15) is 15.9 Å². The van der Waals surface area contributed by atoms with Crippen LogP contribution in [0.3, 0.4) is 0 Å². The summed E-state index contributed by atoms with van der Waals surface area (Å²) >= 11 is 0. The minimum Gasteiger partial charge on any atom is -0.322 e. The summed E-state index contributed by atoms with van der Waals surface area (Å²) < 4.78 is 14.3. The number of nitrogens with zero attached hydrogens (tertiary/aromatic N) is 2. The highest BCUT2D eigenvalue weighted by molar-refractivity contribution is 6.04. The monoisotopic (exact) mass is 367 g/mol. The Kier molecular flexibility index (Phi) is 5.07. The average molecular weight is 367 g/mol. The SMILES string of the molecule is O=C(Nc1cccc([N+](=O)[O-])c1)c1cccn(Cc2ccc(F)cc2)c1=O. The number of non-ortho nitro benzene ring substituents is 1. The maximum absolute atomic E-state index is 13.0. The molecule has 3 aromatic rings. The number of benzene rings is 2. The highest BCUT2D eigenvalue weighted by Crippen LogP contribution is 2.17. The Bertz CT molecular complexity index is 1060. The van der Waals surface area contributed by atoms with Gasteiger partial charge in [-0.1, -0.05) is 18.2 Å². The molecule has 0 spiro atoms. The predicted octanol–water partition coefficient (Wildman–Crippen LogP) is 3.20. The van der Waals surface area contributed by atoms with Gasteiger partial charge in [0.2, 0.25) is 0 Å². The van der Waals surface area contributed by atoms with Crippen molar-refractivity contribution in [3.05, 3.63) is 104 Å². The van der Waals surface area contributed by atoms with Gasteiger partial charge in [-0.3, -0.25) is 19.7 Å². The van der Waals surface area contributed by atoms with Gasteiger partial charge in [-0.25, -0.2) is 4.39 Å². The van der Waals surface area contributed by atoms with Gasteiger partial charge in [-0.15, -0.1) is 0 Å². The molecule has 7 nitrogen and oxygen atoms in total. The van der Waals surface area contributed by atoms with Crippen LogP contribution in [-0.2, 0) is 6.54 Å². The highest BCUT2D eigenvalue weighted by atomic mass is 19.1. The Labute approximate surface area is 152 Å². The predicted molar refractivity (Wildman–Crippen MR) is 97.3 cm³/mol. The van der Waals surface area contributed by atoms with E-state index in [1.165, 1.54) is 53.2 Å². The molecule has 0 saturated carbocycles. The minimum absolute atomic E-state index is 0.105. The van der Waals surface area contributed by atoms with Crippen LogP contribution in [0.4, 0.5) is 15.8 Å². The third kappa shape index (κ3) is 4.24. The second-order valence-electron chi connectivity index (χ2n) is 5.74. The number of hydrogen-bond acceptors (Lipinski definition) is 4. The first-order valence-electron chi connectivity index (χ1n) is 7.94. The van der Waals surface area contributed by atoms with Crippen LogP contribution < -0.4 is 10.9 Å². The quantitative estimate of drug-likeness (QED) is 0.553. The van der Waals surface area contributed by atoms with Crippen LogP contribution in [0.25, 0.3) is 0 Å². The molecule has 0 bridgehead atoms. The van der Waals surface area contributed by atoms with Crippen LogP contribution >= 0.6 is 0 Å². The lowest BCUT2D eigenvalue weighted by atomic mass is 10.2. The van der Waals surface area contributed by atoms with Gasteiger partial charge in [0.15, 0.2) is 0 Å². The summed E-state index contributed by atoms with van der Waals surface area (Å²) in [6.07, 6.45) is 1.52. The van der Waals surface area contributed by atoms with Gasteiger partial charge in [0.25, 0.3) is 17.2 Å². The van der Waals surface area contributed by atoms with E-state index in [9.17, 15) is 24.1 Å². The first-order valence-corrected chi connectivity index (χ1v) is 7.94. The lowest BCUT2D eigenvalue weighted by Gasteiger charge is -2.09. The first kappa shape index (κ1) is 18.0. The molecule has 136 valence electrons. The maximum atomic E-state index is 13.0. The average Bonchev–Trinajstić information content (AvgIpc) is 2.65. The molecule has 1 N–H and O–H groups in total. The van der Waals surface area contributed by atoms with Crippen molar-refractivity contribution in [2.75, 3.05) is 5.32 Å². The lowest BCUT2D eigenvalue weighted by molar-refractivity contribution is -0.384. The van der Waals surface area contributed by atoms with Crippen molar-refractivity contribution in [3.8, 4) is 0 Å². The molecule has 1 aromatic heterocycles. The molecule has 0 radical (unpaired) electrons. The van der Waals surface area contributed by atoms with Gasteiger partial charge < -0.3 is 9.88 Å². The molecular formula is C19H14FN3O4. The number of nitro benzene ring substituents is 1. The Morgan fingerprint density at radius 2 is 1.85 bits per heavy atom. The number of hydrogen-bond donors (Lipinski definition) is 1. The summed E-state index contributed by atoms with van der Waals surface area (Å²) in [5.74, 6) is -1.05. The standard InChI is InChI=1S/C19H14FN3O4/c20-14-8-6-13(7-9-14)12-22-10-2-5-17(19(22)25)18(24)21-15-3-1-4-16(11-15)23(26)27/h1-11H,12H2,(H,21,24). The number of halogens is 1. The molecule has 0 unspecified atom stereocenters. The number of nitro groups is 1. The lowest BCUT2D eigenvalue weighted by Crippen LogP contribution is -2.29. The molecule has 0 aliphatic carbocycles. The number of aromatic nitrogens is 1. The van der Waals surface area contributed by atoms with Crippen molar-refractivity contribution in [1.29, 1.82) is 0 Å². The van der Waals surface area contributed by atoms with E-state index in [0.29, 0.717) is 5.56 Å². The summed E-state index contributed by atoms with van der Waals surface area (Å²) in [7, 11) is 0. The summed E-state index contributed by atoms with van der Waals surface area (Å²) in [5, 5.41) is 13.3. The second kappa shape index (κ2) is 7.61. The Morgan fingerprint density at radius 1 is 1.11 bits per heavy atom. The molecule has 0 saturated heterocycles. The summed E-state index contributed by atoms with van der Waals surface area (Å²) in [6.45, 7) is 0.178. The molecule has 3 rings (SSSR count). The van der Waals surface area contributed by atoms with E-state index in [0.717, 1.165) is 0 Å². The molecule has 1 heterocycles. The van der Waals surface area contributed by atoms with E-state index in [-0.39, 0.29) is 29.3 Å². The zero-order valence-corrected chi connectivity index (χ0v) is 14.0. The van der Waals surface area contributed by atoms with Crippen LogP contribution in [0.5, 0.6) is 0 Å². The number of anilines is 1. The molecule has 1 amide bonds. The van der Waals surface area contributed by atoms with E-state index >= 15 is 0 Å². The van der Waals surface area contributed by atoms with E-state index in [1.807, 2.05) is 0 Å². The van der Waals surface area contributed by atoms with Gasteiger partial charge >= 0.3 is 0 Å². The third-order valence-corrected chi connectivity index (χ3v) is 3.85. The van der Waals surface area contributed by atoms with Crippen molar-refractivity contribution < 1.29 is 14.1 Å². The van der Waals surface area contributed by atoms with Crippen LogP contribution in [-0.4, -0.2) is 15.4 Å². The largest absolute Gasteiger partial charge is 0.322 e. The number of pyridine rings is 1. The zero-order valence-electron chi connectivity index (χ0n) is 14.0. The van der Waals surface area contributed by atoms with E-state index < -0.39 is 16.4 Å². The maximum Gasteiger partial charge on any atom is 0.271 e. The fourth-order valence-electron chi connectivity index (χ4n) is 2.52. The molecular weight excluding hydrogens is 353 g/mol. The molecule has 0 atom stereocenters. The van der Waals surface area contributed by atoms with Gasteiger partial charge in [0, 0.05) is 24.0 Å². The summed E-state index contributed by atoms with van der Waals surface area (Å²) in [6, 6.07) is 14.0. The molecule has 0 aliphatic heterocycles. The van der Waals surface area contributed by atoms with Crippen molar-refractivity contribution in [3.63, 3.8) is 0 Å². The molecule has 2 aromatic carbocycles. The number of rotatable bonds is 5. The number of nitrogens with one attached hydrogen (secondary N) is 1. The van der Waals surface area contributed by atoms with Gasteiger partial charge in [-0.05, 0) is 35.9 Å². The molecule has 27 heavy (non-hydrogen) atoms. The smallest absolute Gasteiger partial charge is 0.271 e. The van der Waals surface area contributed by atoms with Crippen molar-refractivity contribution in [2.24, 2.45) is 0 Å². The topological polar surface area (TPSA) is 94.2 Å². The molecule has 0 aliphatic rings. The molecule has 8 heteroatoms. The van der Waals surface area contributed by atoms with Crippen molar-refractivity contribution in [1.82, 2.24) is 4.57 Å². The van der Waals surface area contributed by atoms with Crippen molar-refractivity contribution in [2.45, 2.75) is 6.54 Å². The van der Waals surface area contributed by atoms with Gasteiger partial charge in [0.05, 0.1) is 11.5 Å². The normalized spacial score (nSPS) is 10.4. The second-order valence-corrected chi connectivity index (χ2v) is 5.74. The fraction of sp³-hybridized carbons (Fsp3) is 0.0526. The van der Waals surface area contributed by atoms with E-state index in [4.69, 9.17) is 0 Å². The van der Waals surface area contributed by atoms with Gasteiger partial charge in [-0.2, -0.15) is 0 Å². The molecule has 0 fully saturated rings. The Hall–Kier alpha value is -3.81. The van der Waals surface area contributed by atoms with Crippen LogP contribution in [0, 0.1) is 15.9 Å². The highest BCUT2D eigenvalue weighted by Gasteiger charge is 2.14. The van der Waals surface area contributed by atoms with Crippen LogP contribution in [0.2, 0.25) is 0 Å². The van der Waals surface area contributed by atoms with Crippen molar-refractivity contribution >= 4 is 17.3 Å². The Morgan fingerprint density at radius 3 is 2.56 bits per heavy atom. The fourth-order valence-corrected chi connectivity index (χ4v) is 2.52. The number of amides is 1. The third-order valence-electron chi connectivity index (χ3n) is 3.85. The van der Waals surface area contributed by atoms with Gasteiger partial charge in [0.1, 0.15) is 11.4 Å². The number of carbonyl (C=O) groups excluding carboxylic acids is 1. The zero-order chi connectivity index (χ0) is 19.4. The number of carbonyl (C=O) groups is 1. The van der Waals surface area contributed by atoms with E-state index in [1.54, 1.807) is 18.2 Å². The Balaban J connectivity index is 1.83. The van der Waals surface area contributed by atoms with Crippen LogP contribution in [0.15, 0.2) is 71.7 Å². The minimum atomic E-state index is -0.672.